The van der Waals surface area contributed by atoms with Gasteiger partial charge >= 0.3 is 0 Å². The Balaban J connectivity index is 2.28. The van der Waals surface area contributed by atoms with Crippen LogP contribution >= 0.6 is 0 Å². The summed E-state index contributed by atoms with van der Waals surface area (Å²) in [4.78, 5) is 8.50. The van der Waals surface area contributed by atoms with Crippen LogP contribution < -0.4 is 31.6 Å². The van der Waals surface area contributed by atoms with Crippen molar-refractivity contribution in [1.29, 1.82) is 10.5 Å². The molecule has 11 heteroatoms. The van der Waals surface area contributed by atoms with Gasteiger partial charge in [0.1, 0.15) is 29.3 Å². The Labute approximate surface area is 159 Å². The molecule has 0 spiro atoms. The fraction of sp³-hybridized carbons (Fsp3) is 0.176. The lowest BCUT2D eigenvalue weighted by Crippen LogP contribution is -2.32. The molecule has 1 aromatic carbocycles. The highest BCUT2D eigenvalue weighted by Gasteiger charge is 2.31. The van der Waals surface area contributed by atoms with Gasteiger partial charge in [-0.3, -0.25) is 5.32 Å². The highest BCUT2D eigenvalue weighted by atomic mass is 19.1. The summed E-state index contributed by atoms with van der Waals surface area (Å²) in [5.74, 6) is -0.426. The van der Waals surface area contributed by atoms with Gasteiger partial charge in [-0.1, -0.05) is 0 Å². The van der Waals surface area contributed by atoms with Crippen LogP contribution in [0.2, 0.25) is 0 Å². The Morgan fingerprint density at radius 2 is 2.00 bits per heavy atom. The average Bonchev–Trinajstić information content (AvgIpc) is 2.67. The number of nitrogens with two attached hydrogens (primary N) is 2. The minimum absolute atomic E-state index is 0.0154. The minimum Gasteiger partial charge on any atom is -0.493 e. The number of hydrogen-bond donors (Lipinski definition) is 4. The van der Waals surface area contributed by atoms with Crippen molar-refractivity contribution in [3.05, 3.63) is 34.6 Å². The van der Waals surface area contributed by atoms with Crippen LogP contribution in [0.4, 0.5) is 21.7 Å². The molecule has 0 saturated heterocycles. The van der Waals surface area contributed by atoms with E-state index in [0.29, 0.717) is 11.1 Å². The summed E-state index contributed by atoms with van der Waals surface area (Å²) in [6.45, 7) is 0. The average molecular weight is 382 g/mol. The van der Waals surface area contributed by atoms with Crippen molar-refractivity contribution >= 4 is 23.3 Å². The number of fused-ring (bicyclic) bond motifs is 1. The van der Waals surface area contributed by atoms with Gasteiger partial charge in [-0.05, 0) is 17.7 Å². The second-order valence-corrected chi connectivity index (χ2v) is 5.64. The van der Waals surface area contributed by atoms with Crippen molar-refractivity contribution in [3.8, 4) is 23.8 Å². The van der Waals surface area contributed by atoms with E-state index in [1.807, 2.05) is 6.07 Å². The molecular weight excluding hydrogens is 367 g/mol. The molecule has 0 radical (unpaired) electrons. The number of aliphatic imine (C=N–C) groups is 1. The molecule has 1 aliphatic rings. The lowest BCUT2D eigenvalue weighted by molar-refractivity contribution is 0.336. The van der Waals surface area contributed by atoms with Gasteiger partial charge in [0.25, 0.3) is 0 Å². The zero-order valence-corrected chi connectivity index (χ0v) is 14.9. The second kappa shape index (κ2) is 7.17. The number of nitrogen functional groups attached to an aromatic ring is 2. The van der Waals surface area contributed by atoms with E-state index in [1.165, 1.54) is 26.4 Å². The molecule has 10 nitrogen and oxygen atoms in total. The Morgan fingerprint density at radius 3 is 2.61 bits per heavy atom. The topological polar surface area (TPSA) is 167 Å². The number of nitriles is 2. The number of benzene rings is 1. The molecule has 1 unspecified atom stereocenters. The van der Waals surface area contributed by atoms with E-state index in [1.54, 1.807) is 6.19 Å². The Kier molecular flexibility index (Phi) is 4.75. The van der Waals surface area contributed by atoms with Gasteiger partial charge in [-0.2, -0.15) is 10.5 Å². The molecule has 2 heterocycles. The molecule has 0 saturated carbocycles. The third-order valence-corrected chi connectivity index (χ3v) is 4.13. The van der Waals surface area contributed by atoms with Crippen molar-refractivity contribution in [3.63, 3.8) is 0 Å². The molecule has 1 atom stereocenters. The summed E-state index contributed by atoms with van der Waals surface area (Å²) < 4.78 is 24.7. The standard InChI is InChI=1S/C17H15FN8O2/c1-27-10-4-7(3-9(18)14(10)28-2)13-11-12(21)8(5-19)15(22)25-16(11)26-17(24-13)23-6-20/h3-4,13H,1-2H3,(H6,21,22,23,24,25,26). The van der Waals surface area contributed by atoms with Crippen molar-refractivity contribution in [1.82, 2.24) is 10.3 Å². The zero-order valence-electron chi connectivity index (χ0n) is 14.9. The number of rotatable bonds is 3. The number of nitrogens with zero attached hydrogens (tertiary/aromatic N) is 4. The molecule has 6 N–H and O–H groups in total. The maximum absolute atomic E-state index is 14.5. The first kappa shape index (κ1) is 18.5. The van der Waals surface area contributed by atoms with Crippen LogP contribution in [-0.4, -0.2) is 25.2 Å². The lowest BCUT2D eigenvalue weighted by Gasteiger charge is -2.26. The summed E-state index contributed by atoms with van der Waals surface area (Å²) in [6, 6.07) is 3.74. The van der Waals surface area contributed by atoms with Crippen LogP contribution in [0, 0.1) is 28.6 Å². The van der Waals surface area contributed by atoms with E-state index >= 15 is 0 Å². The maximum Gasteiger partial charge on any atom is 0.211 e. The highest BCUT2D eigenvalue weighted by molar-refractivity contribution is 5.98. The number of aromatic nitrogens is 1. The van der Waals surface area contributed by atoms with Gasteiger partial charge in [0.2, 0.25) is 5.96 Å². The molecule has 0 aliphatic carbocycles. The van der Waals surface area contributed by atoms with Gasteiger partial charge < -0.3 is 26.3 Å². The number of halogens is 1. The van der Waals surface area contributed by atoms with Crippen LogP contribution in [-0.2, 0) is 0 Å². The van der Waals surface area contributed by atoms with Crippen LogP contribution in [0.15, 0.2) is 17.1 Å². The van der Waals surface area contributed by atoms with Gasteiger partial charge in [0, 0.05) is 5.56 Å². The molecule has 28 heavy (non-hydrogen) atoms. The van der Waals surface area contributed by atoms with Gasteiger partial charge in [0.05, 0.1) is 19.9 Å². The van der Waals surface area contributed by atoms with E-state index in [0.717, 1.165) is 0 Å². The Bertz CT molecular complexity index is 1070. The van der Waals surface area contributed by atoms with Gasteiger partial charge in [0.15, 0.2) is 23.5 Å². The smallest absolute Gasteiger partial charge is 0.211 e. The molecule has 142 valence electrons. The summed E-state index contributed by atoms with van der Waals surface area (Å²) >= 11 is 0. The van der Waals surface area contributed by atoms with Crippen LogP contribution in [0.1, 0.15) is 22.7 Å². The largest absolute Gasteiger partial charge is 0.493 e. The molecule has 0 bridgehead atoms. The summed E-state index contributed by atoms with van der Waals surface area (Å²) in [6.07, 6.45) is 1.74. The third kappa shape index (κ3) is 2.91. The number of anilines is 3. The maximum atomic E-state index is 14.5. The normalized spacial score (nSPS) is 14.6. The molecule has 0 fully saturated rings. The lowest BCUT2D eigenvalue weighted by atomic mass is 9.94. The van der Waals surface area contributed by atoms with E-state index in [-0.39, 0.29) is 40.3 Å². The van der Waals surface area contributed by atoms with Crippen LogP contribution in [0.3, 0.4) is 0 Å². The SMILES string of the molecule is COc1cc(C2N=C(NC#N)Nc3nc(N)c(C#N)c(N)c32)cc(F)c1OC. The minimum atomic E-state index is -0.887. The number of hydrogen-bond acceptors (Lipinski definition) is 10. The molecule has 2 aromatic rings. The van der Waals surface area contributed by atoms with E-state index < -0.39 is 11.9 Å². The van der Waals surface area contributed by atoms with Gasteiger partial charge in [-0.15, -0.1) is 0 Å². The third-order valence-electron chi connectivity index (χ3n) is 4.13. The first-order chi connectivity index (χ1) is 13.4. The summed E-state index contributed by atoms with van der Waals surface area (Å²) in [7, 11) is 2.69. The number of guanidine groups is 1. The molecule has 1 aromatic heterocycles. The highest BCUT2D eigenvalue weighted by Crippen LogP contribution is 2.43. The fourth-order valence-electron chi connectivity index (χ4n) is 2.92. The van der Waals surface area contributed by atoms with E-state index in [9.17, 15) is 9.65 Å². The second-order valence-electron chi connectivity index (χ2n) is 5.64. The van der Waals surface area contributed by atoms with Crippen molar-refractivity contribution in [2.45, 2.75) is 6.04 Å². The number of methoxy groups -OCH3 is 2. The quantitative estimate of drug-likeness (QED) is 0.450. The number of nitrogens with one attached hydrogen (secondary N) is 2. The predicted molar refractivity (Wildman–Crippen MR) is 98.9 cm³/mol. The summed E-state index contributed by atoms with van der Waals surface area (Å²) in [5.41, 5.74) is 12.6. The zero-order chi connectivity index (χ0) is 20.4. The fourth-order valence-corrected chi connectivity index (χ4v) is 2.92. The number of pyridine rings is 1. The monoisotopic (exact) mass is 382 g/mol. The van der Waals surface area contributed by atoms with Gasteiger partial charge in [-0.25, -0.2) is 14.4 Å². The molecular formula is C17H15FN8O2. The molecule has 1 aliphatic heterocycles. The van der Waals surface area contributed by atoms with Crippen LogP contribution in [0.25, 0.3) is 0 Å². The van der Waals surface area contributed by atoms with E-state index in [2.05, 4.69) is 20.6 Å². The molecule has 0 amide bonds. The first-order valence-corrected chi connectivity index (χ1v) is 7.85. The van der Waals surface area contributed by atoms with Crippen molar-refractivity contribution < 1.29 is 13.9 Å². The first-order valence-electron chi connectivity index (χ1n) is 7.85. The summed E-state index contributed by atoms with van der Waals surface area (Å²) in [5, 5.41) is 23.4. The number of ether oxygens (including phenoxy) is 2. The van der Waals surface area contributed by atoms with E-state index in [4.69, 9.17) is 26.2 Å². The Hall–Kier alpha value is -4.25. The van der Waals surface area contributed by atoms with Crippen molar-refractivity contribution in [2.24, 2.45) is 4.99 Å². The molecule has 3 rings (SSSR count). The predicted octanol–water partition coefficient (Wildman–Crippen LogP) is 1.22. The Morgan fingerprint density at radius 1 is 1.25 bits per heavy atom. The van der Waals surface area contributed by atoms with Crippen LogP contribution in [0.5, 0.6) is 11.5 Å². The van der Waals surface area contributed by atoms with Crippen molar-refractivity contribution in [2.75, 3.05) is 31.0 Å².